The Bertz CT molecular complexity index is 1280. The van der Waals surface area contributed by atoms with Gasteiger partial charge in [0.25, 0.3) is 9.84 Å². The molecule has 0 amide bonds. The van der Waals surface area contributed by atoms with E-state index in [1.165, 1.54) is 18.5 Å². The molecule has 1 aromatic carbocycles. The zero-order valence-electron chi connectivity index (χ0n) is 15.0. The van der Waals surface area contributed by atoms with E-state index in [2.05, 4.69) is 4.98 Å². The number of aromatic hydroxyl groups is 1. The number of halogens is 3. The molecule has 0 aliphatic heterocycles. The van der Waals surface area contributed by atoms with Crippen molar-refractivity contribution in [2.45, 2.75) is 16.9 Å². The third-order valence-electron chi connectivity index (χ3n) is 4.19. The third-order valence-corrected chi connectivity index (χ3v) is 5.69. The molecule has 3 aromatic rings. The first kappa shape index (κ1) is 21.1. The lowest BCUT2D eigenvalue weighted by Crippen LogP contribution is -2.25. The van der Waals surface area contributed by atoms with E-state index in [1.54, 1.807) is 0 Å². The molecular weight excluding hydrogens is 427 g/mol. The van der Waals surface area contributed by atoms with Gasteiger partial charge in [-0.25, -0.2) is 17.8 Å². The average molecular weight is 441 g/mol. The predicted octanol–water partition coefficient (Wildman–Crippen LogP) is 1.37. The Kier molecular flexibility index (Phi) is 5.16. The van der Waals surface area contributed by atoms with Crippen LogP contribution in [-0.4, -0.2) is 39.0 Å². The molecule has 0 unspecified atom stereocenters. The second kappa shape index (κ2) is 7.33. The number of nitrogens with zero attached hydrogens (tertiary/aromatic N) is 3. The van der Waals surface area contributed by atoms with Crippen LogP contribution in [0, 0.1) is 5.41 Å². The Morgan fingerprint density at radius 1 is 1.20 bits per heavy atom. The van der Waals surface area contributed by atoms with E-state index in [9.17, 15) is 31.5 Å². The zero-order chi connectivity index (χ0) is 22.3. The second-order valence-electron chi connectivity index (χ2n) is 6.12. The van der Waals surface area contributed by atoms with E-state index in [-0.39, 0.29) is 18.1 Å². The Balaban J connectivity index is 2.00. The number of nitrogens with one attached hydrogen (secondary N) is 1. The molecule has 3 rings (SSSR count). The van der Waals surface area contributed by atoms with Gasteiger partial charge in [-0.3, -0.25) is 15.0 Å². The maximum Gasteiger partial charge on any atom is 0.501 e. The number of nitrogen functional groups attached to an aromatic ring is 1. The van der Waals surface area contributed by atoms with E-state index in [1.807, 2.05) is 0 Å². The molecule has 0 radical (unpaired) electrons. The van der Waals surface area contributed by atoms with E-state index >= 15 is 0 Å². The van der Waals surface area contributed by atoms with Crippen LogP contribution in [0.5, 0.6) is 5.88 Å². The number of hydrogen-bond acceptors (Lipinski definition) is 6. The van der Waals surface area contributed by atoms with E-state index in [0.29, 0.717) is 23.3 Å². The highest BCUT2D eigenvalue weighted by atomic mass is 32.2. The molecule has 0 saturated carbocycles. The van der Waals surface area contributed by atoms with Crippen LogP contribution in [0.25, 0.3) is 5.69 Å². The molecule has 0 bridgehead atoms. The van der Waals surface area contributed by atoms with Crippen LogP contribution in [0.15, 0.2) is 58.6 Å². The Morgan fingerprint density at radius 3 is 2.40 bits per heavy atom. The number of pyridine rings is 1. The lowest BCUT2D eigenvalue weighted by Gasteiger charge is -2.09. The first-order valence-electron chi connectivity index (χ1n) is 8.13. The number of aromatic nitrogens is 3. The van der Waals surface area contributed by atoms with Gasteiger partial charge in [0.1, 0.15) is 5.84 Å². The molecule has 9 nitrogen and oxygen atoms in total. The van der Waals surface area contributed by atoms with Gasteiger partial charge >= 0.3 is 11.2 Å². The molecular formula is C17H14F3N5O4S. The molecule has 2 heterocycles. The Morgan fingerprint density at radius 2 is 1.83 bits per heavy atom. The molecule has 0 spiro atoms. The van der Waals surface area contributed by atoms with E-state index in [4.69, 9.17) is 11.1 Å². The summed E-state index contributed by atoms with van der Waals surface area (Å²) in [5, 5.41) is 17.7. The summed E-state index contributed by atoms with van der Waals surface area (Å²) < 4.78 is 62.8. The highest BCUT2D eigenvalue weighted by molar-refractivity contribution is 7.92. The molecule has 0 atom stereocenters. The van der Waals surface area contributed by atoms with E-state index in [0.717, 1.165) is 27.5 Å². The summed E-state index contributed by atoms with van der Waals surface area (Å²) in [7, 11) is -5.54. The van der Waals surface area contributed by atoms with Crippen molar-refractivity contribution in [1.29, 1.82) is 5.41 Å². The normalized spacial score (nSPS) is 12.1. The van der Waals surface area contributed by atoms with Crippen LogP contribution in [-0.2, 0) is 16.4 Å². The van der Waals surface area contributed by atoms with Crippen molar-refractivity contribution in [3.05, 3.63) is 70.5 Å². The summed E-state index contributed by atoms with van der Waals surface area (Å²) in [5.74, 6) is -0.791. The highest BCUT2D eigenvalue weighted by Crippen LogP contribution is 2.30. The van der Waals surface area contributed by atoms with Gasteiger partial charge in [-0.05, 0) is 35.9 Å². The van der Waals surface area contributed by atoms with Gasteiger partial charge in [0.05, 0.1) is 23.3 Å². The number of imidazole rings is 1. The number of nitrogens with two attached hydrogens (primary N) is 1. The van der Waals surface area contributed by atoms with Crippen molar-refractivity contribution in [3.63, 3.8) is 0 Å². The van der Waals surface area contributed by atoms with Crippen LogP contribution in [0.3, 0.4) is 0 Å². The Hall–Kier alpha value is -3.61. The Labute approximate surface area is 167 Å². The monoisotopic (exact) mass is 441 g/mol. The van der Waals surface area contributed by atoms with Gasteiger partial charge in [-0.15, -0.1) is 0 Å². The fraction of sp³-hybridized carbons (Fsp3) is 0.118. The van der Waals surface area contributed by atoms with Crippen molar-refractivity contribution in [2.24, 2.45) is 5.73 Å². The van der Waals surface area contributed by atoms with Crippen molar-refractivity contribution in [3.8, 4) is 11.6 Å². The molecule has 158 valence electrons. The van der Waals surface area contributed by atoms with Crippen molar-refractivity contribution < 1.29 is 26.7 Å². The number of hydrogen-bond donors (Lipinski definition) is 3. The van der Waals surface area contributed by atoms with Crippen LogP contribution in [0.4, 0.5) is 13.2 Å². The molecule has 0 aliphatic rings. The van der Waals surface area contributed by atoms with Gasteiger partial charge in [-0.2, -0.15) is 13.2 Å². The smallest absolute Gasteiger partial charge is 0.493 e. The summed E-state index contributed by atoms with van der Waals surface area (Å²) in [6.07, 6.45) is 3.87. The predicted molar refractivity (Wildman–Crippen MR) is 99.3 cm³/mol. The summed E-state index contributed by atoms with van der Waals surface area (Å²) in [6, 6.07) is 4.86. The maximum atomic E-state index is 12.7. The first-order chi connectivity index (χ1) is 13.9. The van der Waals surface area contributed by atoms with Gasteiger partial charge in [0.2, 0.25) is 5.88 Å². The molecule has 0 saturated heterocycles. The van der Waals surface area contributed by atoms with Gasteiger partial charge in [-0.1, -0.05) is 0 Å². The summed E-state index contributed by atoms with van der Waals surface area (Å²) in [6.45, 7) is -0.0721. The maximum absolute atomic E-state index is 12.7. The second-order valence-corrected chi connectivity index (χ2v) is 8.06. The van der Waals surface area contributed by atoms with Crippen molar-refractivity contribution >= 4 is 15.7 Å². The van der Waals surface area contributed by atoms with Crippen molar-refractivity contribution in [2.75, 3.05) is 0 Å². The van der Waals surface area contributed by atoms with Crippen LogP contribution in [0.2, 0.25) is 0 Å². The lowest BCUT2D eigenvalue weighted by molar-refractivity contribution is -0.0436. The molecule has 0 fully saturated rings. The molecule has 2 aromatic heterocycles. The van der Waals surface area contributed by atoms with Crippen LogP contribution in [0.1, 0.15) is 11.1 Å². The van der Waals surface area contributed by atoms with Gasteiger partial charge < -0.3 is 10.8 Å². The fourth-order valence-electron chi connectivity index (χ4n) is 2.73. The topological polar surface area (TPSA) is 144 Å². The average Bonchev–Trinajstić information content (AvgIpc) is 2.94. The van der Waals surface area contributed by atoms with Crippen molar-refractivity contribution in [1.82, 2.24) is 14.1 Å². The number of amidine groups is 1. The summed E-state index contributed by atoms with van der Waals surface area (Å²) in [4.78, 5) is 15.5. The molecule has 13 heteroatoms. The van der Waals surface area contributed by atoms with Gasteiger partial charge in [0.15, 0.2) is 0 Å². The van der Waals surface area contributed by atoms with E-state index < -0.39 is 31.8 Å². The number of sulfone groups is 1. The standard InChI is InChI=1S/C17H14F3N5O4S/c18-17(19,20)30(28,29)12-3-1-11(2-4-12)25-14(26)9-24(16(25)27)8-10-5-6-23-7-13(10)15(21)22/h1-7,9,26H,8H2,(H3,21,22). The number of benzene rings is 1. The zero-order valence-corrected chi connectivity index (χ0v) is 15.8. The first-order valence-corrected chi connectivity index (χ1v) is 9.62. The minimum atomic E-state index is -5.54. The molecule has 0 aliphatic carbocycles. The SMILES string of the molecule is N=C(N)c1cnccc1Cn1cc(O)n(-c2ccc(S(=O)(=O)C(F)(F)F)cc2)c1=O. The minimum absolute atomic E-state index is 0.0427. The molecule has 30 heavy (non-hydrogen) atoms. The van der Waals surface area contributed by atoms with Gasteiger partial charge in [0, 0.05) is 18.0 Å². The highest BCUT2D eigenvalue weighted by Gasteiger charge is 2.46. The largest absolute Gasteiger partial charge is 0.501 e. The number of rotatable bonds is 5. The lowest BCUT2D eigenvalue weighted by atomic mass is 10.1. The number of alkyl halides is 3. The quantitative estimate of drug-likeness (QED) is 0.403. The summed E-state index contributed by atoms with van der Waals surface area (Å²) in [5.41, 5.74) is -0.000473. The molecule has 4 N–H and O–H groups in total. The minimum Gasteiger partial charge on any atom is -0.493 e. The summed E-state index contributed by atoms with van der Waals surface area (Å²) >= 11 is 0. The van der Waals surface area contributed by atoms with Crippen LogP contribution < -0.4 is 11.4 Å². The fourth-order valence-corrected chi connectivity index (χ4v) is 3.49. The van der Waals surface area contributed by atoms with Crippen LogP contribution >= 0.6 is 0 Å². The third kappa shape index (κ3) is 3.66.